The van der Waals surface area contributed by atoms with E-state index >= 15 is 0 Å². The fourth-order valence-electron chi connectivity index (χ4n) is 2.66. The van der Waals surface area contributed by atoms with E-state index < -0.39 is 6.04 Å². The van der Waals surface area contributed by atoms with Crippen LogP contribution in [0.1, 0.15) is 19.4 Å². The van der Waals surface area contributed by atoms with Gasteiger partial charge in [-0.15, -0.1) is 0 Å². The summed E-state index contributed by atoms with van der Waals surface area (Å²) in [7, 11) is 1.56. The molecule has 3 rings (SSSR count). The molecule has 27 heavy (non-hydrogen) atoms. The fourth-order valence-corrected chi connectivity index (χ4v) is 3.30. The van der Waals surface area contributed by atoms with Crippen LogP contribution >= 0.6 is 11.3 Å². The Morgan fingerprint density at radius 3 is 3.00 bits per heavy atom. The summed E-state index contributed by atoms with van der Waals surface area (Å²) < 4.78 is 11.6. The van der Waals surface area contributed by atoms with E-state index in [1.807, 2.05) is 23.8 Å². The van der Waals surface area contributed by atoms with Crippen LogP contribution in [0.15, 0.2) is 44.5 Å². The van der Waals surface area contributed by atoms with Gasteiger partial charge in [0, 0.05) is 30.8 Å². The SMILES string of the molecule is CC[C@@H](C(=O)NCCOC)n1cccc(-c2nc(-c3ccsc3)no2)c1=O. The first-order chi connectivity index (χ1) is 13.2. The maximum absolute atomic E-state index is 12.9. The Morgan fingerprint density at radius 2 is 2.30 bits per heavy atom. The van der Waals surface area contributed by atoms with E-state index in [0.717, 1.165) is 5.56 Å². The summed E-state index contributed by atoms with van der Waals surface area (Å²) in [5.74, 6) is 0.314. The van der Waals surface area contributed by atoms with Crippen LogP contribution in [0.4, 0.5) is 0 Å². The predicted molar refractivity (Wildman–Crippen MR) is 102 cm³/mol. The Bertz CT molecular complexity index is 948. The Hall–Kier alpha value is -2.78. The fraction of sp³-hybridized carbons (Fsp3) is 0.333. The molecule has 3 aromatic rings. The van der Waals surface area contributed by atoms with Crippen LogP contribution in [0.25, 0.3) is 22.8 Å². The number of thiophene rings is 1. The minimum atomic E-state index is -0.631. The zero-order valence-electron chi connectivity index (χ0n) is 15.0. The summed E-state index contributed by atoms with van der Waals surface area (Å²) in [5.41, 5.74) is 0.733. The highest BCUT2D eigenvalue weighted by molar-refractivity contribution is 7.08. The van der Waals surface area contributed by atoms with E-state index in [4.69, 9.17) is 9.26 Å². The lowest BCUT2D eigenvalue weighted by molar-refractivity contribution is -0.124. The van der Waals surface area contributed by atoms with E-state index in [1.165, 1.54) is 15.9 Å². The van der Waals surface area contributed by atoms with Crippen molar-refractivity contribution in [3.8, 4) is 22.8 Å². The molecule has 8 nitrogen and oxygen atoms in total. The van der Waals surface area contributed by atoms with Crippen molar-refractivity contribution in [2.24, 2.45) is 0 Å². The smallest absolute Gasteiger partial charge is 0.264 e. The van der Waals surface area contributed by atoms with Crippen molar-refractivity contribution in [1.29, 1.82) is 0 Å². The van der Waals surface area contributed by atoms with Gasteiger partial charge >= 0.3 is 0 Å². The molecule has 0 bridgehead atoms. The highest BCUT2D eigenvalue weighted by Crippen LogP contribution is 2.22. The third kappa shape index (κ3) is 4.15. The van der Waals surface area contributed by atoms with E-state index in [9.17, 15) is 9.59 Å². The number of pyridine rings is 1. The molecule has 0 aromatic carbocycles. The quantitative estimate of drug-likeness (QED) is 0.595. The average Bonchev–Trinajstić information content (AvgIpc) is 3.35. The number of aromatic nitrogens is 3. The van der Waals surface area contributed by atoms with Crippen molar-refractivity contribution in [1.82, 2.24) is 20.0 Å². The first-order valence-electron chi connectivity index (χ1n) is 8.50. The van der Waals surface area contributed by atoms with Crippen molar-refractivity contribution < 1.29 is 14.1 Å². The van der Waals surface area contributed by atoms with Gasteiger partial charge in [-0.3, -0.25) is 9.59 Å². The zero-order valence-corrected chi connectivity index (χ0v) is 15.9. The van der Waals surface area contributed by atoms with Gasteiger partial charge in [-0.05, 0) is 30.0 Å². The van der Waals surface area contributed by atoms with Crippen LogP contribution in [-0.4, -0.2) is 40.9 Å². The van der Waals surface area contributed by atoms with Crippen molar-refractivity contribution in [2.75, 3.05) is 20.3 Å². The second-order valence-corrected chi connectivity index (χ2v) is 6.56. The zero-order chi connectivity index (χ0) is 19.2. The standard InChI is InChI=1S/C18H20N4O4S/c1-3-14(16(23)19-7-9-25-2)22-8-4-5-13(18(22)24)17-20-15(21-26-17)12-6-10-27-11-12/h4-6,8,10-11,14H,3,7,9H2,1-2H3,(H,19,23)/t14-/m0/s1. The number of nitrogens with zero attached hydrogens (tertiary/aromatic N) is 3. The van der Waals surface area contributed by atoms with Crippen LogP contribution in [0.2, 0.25) is 0 Å². The molecule has 1 amide bonds. The van der Waals surface area contributed by atoms with Gasteiger partial charge in [-0.1, -0.05) is 12.1 Å². The summed E-state index contributed by atoms with van der Waals surface area (Å²) in [6.45, 7) is 2.64. The molecule has 1 N–H and O–H groups in total. The van der Waals surface area contributed by atoms with E-state index in [0.29, 0.717) is 25.4 Å². The van der Waals surface area contributed by atoms with Crippen LogP contribution in [0.5, 0.6) is 0 Å². The number of carbonyl (C=O) groups excluding carboxylic acids is 1. The molecule has 0 unspecified atom stereocenters. The molecule has 0 saturated carbocycles. The average molecular weight is 388 g/mol. The third-order valence-electron chi connectivity index (χ3n) is 4.04. The molecular weight excluding hydrogens is 368 g/mol. The lowest BCUT2D eigenvalue weighted by atomic mass is 10.1. The molecule has 9 heteroatoms. The van der Waals surface area contributed by atoms with Gasteiger partial charge in [0.15, 0.2) is 0 Å². The van der Waals surface area contributed by atoms with E-state index in [-0.39, 0.29) is 22.9 Å². The van der Waals surface area contributed by atoms with Crippen molar-refractivity contribution in [2.45, 2.75) is 19.4 Å². The molecule has 142 valence electrons. The Labute approximate surface area is 159 Å². The van der Waals surface area contributed by atoms with E-state index in [2.05, 4.69) is 15.5 Å². The van der Waals surface area contributed by atoms with Crippen LogP contribution in [0.3, 0.4) is 0 Å². The summed E-state index contributed by atoms with van der Waals surface area (Å²) in [4.78, 5) is 29.7. The molecule has 3 aromatic heterocycles. The monoisotopic (exact) mass is 388 g/mol. The Balaban J connectivity index is 1.89. The third-order valence-corrected chi connectivity index (χ3v) is 4.72. The molecule has 3 heterocycles. The topological polar surface area (TPSA) is 99.2 Å². The van der Waals surface area contributed by atoms with Gasteiger partial charge in [0.25, 0.3) is 11.4 Å². The number of carbonyl (C=O) groups is 1. The Kier molecular flexibility index (Phi) is 6.15. The Morgan fingerprint density at radius 1 is 1.44 bits per heavy atom. The lowest BCUT2D eigenvalue weighted by Gasteiger charge is -2.18. The molecule has 1 atom stereocenters. The summed E-state index contributed by atoms with van der Waals surface area (Å²) in [6.07, 6.45) is 2.05. The molecule has 0 saturated heterocycles. The van der Waals surface area contributed by atoms with Gasteiger partial charge in [0.1, 0.15) is 11.6 Å². The van der Waals surface area contributed by atoms with Crippen molar-refractivity contribution >= 4 is 17.2 Å². The number of nitrogens with one attached hydrogen (secondary N) is 1. The van der Waals surface area contributed by atoms with Gasteiger partial charge in [-0.25, -0.2) is 0 Å². The second-order valence-electron chi connectivity index (χ2n) is 5.78. The summed E-state index contributed by atoms with van der Waals surface area (Å²) in [6, 6.07) is 4.55. The normalized spacial score (nSPS) is 12.1. The summed E-state index contributed by atoms with van der Waals surface area (Å²) in [5, 5.41) is 10.5. The van der Waals surface area contributed by atoms with E-state index in [1.54, 1.807) is 25.4 Å². The van der Waals surface area contributed by atoms with Crippen LogP contribution in [0, 0.1) is 0 Å². The van der Waals surface area contributed by atoms with Crippen molar-refractivity contribution in [3.05, 3.63) is 45.5 Å². The number of amides is 1. The number of ether oxygens (including phenoxy) is 1. The first kappa shape index (κ1) is 19.0. The number of hydrogen-bond donors (Lipinski definition) is 1. The van der Waals surface area contributed by atoms with Crippen LogP contribution in [-0.2, 0) is 9.53 Å². The highest BCUT2D eigenvalue weighted by atomic mass is 32.1. The second kappa shape index (κ2) is 8.74. The molecule has 0 aliphatic carbocycles. The molecular formula is C18H20N4O4S. The molecule has 0 spiro atoms. The molecule has 0 aliphatic rings. The minimum Gasteiger partial charge on any atom is -0.383 e. The maximum atomic E-state index is 12.9. The van der Waals surface area contributed by atoms with Gasteiger partial charge in [0.2, 0.25) is 11.7 Å². The number of methoxy groups -OCH3 is 1. The van der Waals surface area contributed by atoms with Crippen LogP contribution < -0.4 is 10.9 Å². The lowest BCUT2D eigenvalue weighted by Crippen LogP contribution is -2.38. The van der Waals surface area contributed by atoms with Crippen molar-refractivity contribution in [3.63, 3.8) is 0 Å². The van der Waals surface area contributed by atoms with Gasteiger partial charge < -0.3 is 19.1 Å². The molecule has 0 radical (unpaired) electrons. The minimum absolute atomic E-state index is 0.130. The largest absolute Gasteiger partial charge is 0.383 e. The molecule has 0 fully saturated rings. The highest BCUT2D eigenvalue weighted by Gasteiger charge is 2.22. The number of hydrogen-bond acceptors (Lipinski definition) is 7. The first-order valence-corrected chi connectivity index (χ1v) is 9.44. The maximum Gasteiger partial charge on any atom is 0.264 e. The van der Waals surface area contributed by atoms with Gasteiger partial charge in [-0.2, -0.15) is 16.3 Å². The summed E-state index contributed by atoms with van der Waals surface area (Å²) >= 11 is 1.52. The molecule has 0 aliphatic heterocycles. The predicted octanol–water partition coefficient (Wildman–Crippen LogP) is 2.34. The number of rotatable bonds is 8. The van der Waals surface area contributed by atoms with Gasteiger partial charge in [0.05, 0.1) is 6.61 Å².